The Morgan fingerprint density at radius 1 is 1.00 bits per heavy atom. The van der Waals surface area contributed by atoms with Crippen LogP contribution in [0, 0.1) is 0 Å². The van der Waals surface area contributed by atoms with Gasteiger partial charge in [-0.3, -0.25) is 9.69 Å². The van der Waals surface area contributed by atoms with E-state index >= 15 is 0 Å². The molecule has 2 aliphatic rings. The van der Waals surface area contributed by atoms with Crippen molar-refractivity contribution >= 4 is 46.0 Å². The van der Waals surface area contributed by atoms with E-state index in [4.69, 9.17) is 0 Å². The Balaban J connectivity index is 1.51. The molecular weight excluding hydrogens is 380 g/mol. The van der Waals surface area contributed by atoms with Gasteiger partial charge in [0.2, 0.25) is 0 Å². The molecule has 0 atom stereocenters. The van der Waals surface area contributed by atoms with Gasteiger partial charge >= 0.3 is 0 Å². The number of benzene rings is 2. The molecule has 5 nitrogen and oxygen atoms in total. The van der Waals surface area contributed by atoms with Gasteiger partial charge in [-0.15, -0.1) is 0 Å². The van der Waals surface area contributed by atoms with Crippen LogP contribution in [-0.4, -0.2) is 50.2 Å². The van der Waals surface area contributed by atoms with Crippen molar-refractivity contribution in [3.63, 3.8) is 0 Å². The van der Waals surface area contributed by atoms with Crippen molar-refractivity contribution in [2.45, 2.75) is 12.8 Å². The fourth-order valence-corrected chi connectivity index (χ4v) is 4.48. The Morgan fingerprint density at radius 3 is 2.28 bits per heavy atom. The number of nitrogens with zero attached hydrogens (tertiary/aromatic N) is 4. The van der Waals surface area contributed by atoms with Gasteiger partial charge in [0, 0.05) is 45.6 Å². The second-order valence-electron chi connectivity index (χ2n) is 7.57. The van der Waals surface area contributed by atoms with E-state index in [1.54, 1.807) is 11.9 Å². The van der Waals surface area contributed by atoms with Crippen LogP contribution in [0.4, 0.5) is 17.1 Å². The van der Waals surface area contributed by atoms with Crippen molar-refractivity contribution in [1.29, 1.82) is 0 Å². The first-order chi connectivity index (χ1) is 14.0. The first kappa shape index (κ1) is 19.6. The number of likely N-dealkylation sites (N-methyl/N-ethyl adjacent to an activating group) is 1. The summed E-state index contributed by atoms with van der Waals surface area (Å²) in [6.07, 6.45) is 4.49. The number of hydrogen-bond acceptors (Lipinski definition) is 5. The zero-order valence-electron chi connectivity index (χ0n) is 17.1. The van der Waals surface area contributed by atoms with Crippen LogP contribution >= 0.6 is 11.8 Å². The maximum atomic E-state index is 12.7. The summed E-state index contributed by atoms with van der Waals surface area (Å²) in [5, 5.41) is 0.701. The lowest BCUT2D eigenvalue weighted by Gasteiger charge is -2.17. The molecule has 1 amide bonds. The van der Waals surface area contributed by atoms with E-state index in [2.05, 4.69) is 34.2 Å². The predicted molar refractivity (Wildman–Crippen MR) is 124 cm³/mol. The first-order valence-corrected chi connectivity index (χ1v) is 10.7. The van der Waals surface area contributed by atoms with E-state index in [1.807, 2.05) is 49.3 Å². The molecular formula is C23H26N4OS. The van der Waals surface area contributed by atoms with E-state index in [0.717, 1.165) is 30.0 Å². The number of aliphatic imine (C=N–C) groups is 1. The van der Waals surface area contributed by atoms with Gasteiger partial charge in [-0.25, -0.2) is 4.99 Å². The Labute approximate surface area is 176 Å². The van der Waals surface area contributed by atoms with E-state index in [-0.39, 0.29) is 5.91 Å². The molecule has 0 N–H and O–H groups in total. The second-order valence-corrected chi connectivity index (χ2v) is 8.57. The average Bonchev–Trinajstić information content (AvgIpc) is 3.35. The quantitative estimate of drug-likeness (QED) is 0.697. The van der Waals surface area contributed by atoms with Crippen molar-refractivity contribution in [3.05, 3.63) is 59.0 Å². The van der Waals surface area contributed by atoms with Gasteiger partial charge in [0.15, 0.2) is 5.17 Å². The largest absolute Gasteiger partial charge is 0.378 e. The molecule has 0 aliphatic carbocycles. The van der Waals surface area contributed by atoms with Crippen LogP contribution in [0.25, 0.3) is 6.08 Å². The van der Waals surface area contributed by atoms with E-state index in [0.29, 0.717) is 10.1 Å². The molecule has 0 unspecified atom stereocenters. The van der Waals surface area contributed by atoms with E-state index < -0.39 is 0 Å². The van der Waals surface area contributed by atoms with Crippen molar-refractivity contribution in [3.8, 4) is 0 Å². The Bertz CT molecular complexity index is 942. The molecule has 6 heteroatoms. The molecule has 0 radical (unpaired) electrons. The fourth-order valence-electron chi connectivity index (χ4n) is 3.50. The minimum atomic E-state index is -0.0118. The average molecular weight is 407 g/mol. The van der Waals surface area contributed by atoms with Gasteiger partial charge in [0.25, 0.3) is 5.91 Å². The van der Waals surface area contributed by atoms with Crippen LogP contribution in [-0.2, 0) is 4.79 Å². The van der Waals surface area contributed by atoms with Gasteiger partial charge in [-0.1, -0.05) is 12.1 Å². The topological polar surface area (TPSA) is 39.2 Å². The number of amidine groups is 1. The highest BCUT2D eigenvalue weighted by molar-refractivity contribution is 8.18. The SMILES string of the molecule is CN1C(=O)/C(=C/c2ccc(N3CCCC3)cc2)SC1=Nc1ccc(N(C)C)cc1. The minimum absolute atomic E-state index is 0.0118. The number of hydrogen-bond donors (Lipinski definition) is 0. The summed E-state index contributed by atoms with van der Waals surface area (Å²) in [6, 6.07) is 16.5. The summed E-state index contributed by atoms with van der Waals surface area (Å²) in [4.78, 5) is 24.1. The highest BCUT2D eigenvalue weighted by Crippen LogP contribution is 2.33. The van der Waals surface area contributed by atoms with Gasteiger partial charge in [-0.05, 0) is 72.6 Å². The van der Waals surface area contributed by atoms with E-state index in [9.17, 15) is 4.79 Å². The maximum absolute atomic E-state index is 12.7. The lowest BCUT2D eigenvalue weighted by Crippen LogP contribution is -2.23. The van der Waals surface area contributed by atoms with Gasteiger partial charge in [0.05, 0.1) is 10.6 Å². The van der Waals surface area contributed by atoms with Crippen LogP contribution in [0.1, 0.15) is 18.4 Å². The summed E-state index contributed by atoms with van der Waals surface area (Å²) >= 11 is 1.42. The molecule has 0 spiro atoms. The summed E-state index contributed by atoms with van der Waals surface area (Å²) in [7, 11) is 5.80. The maximum Gasteiger partial charge on any atom is 0.266 e. The highest BCUT2D eigenvalue weighted by atomic mass is 32.2. The van der Waals surface area contributed by atoms with Crippen LogP contribution in [0.5, 0.6) is 0 Å². The molecule has 0 bridgehead atoms. The number of carbonyl (C=O) groups excluding carboxylic acids is 1. The molecule has 2 aliphatic heterocycles. The molecule has 4 rings (SSSR count). The number of anilines is 2. The lowest BCUT2D eigenvalue weighted by molar-refractivity contribution is -0.121. The van der Waals surface area contributed by atoms with Gasteiger partial charge < -0.3 is 9.80 Å². The van der Waals surface area contributed by atoms with Crippen molar-refractivity contribution in [1.82, 2.24) is 4.90 Å². The fraction of sp³-hybridized carbons (Fsp3) is 0.304. The smallest absolute Gasteiger partial charge is 0.266 e. The van der Waals surface area contributed by atoms with E-state index in [1.165, 1.54) is 30.3 Å². The standard InChI is InChI=1S/C23H26N4OS/c1-25(2)19-12-8-18(9-13-19)24-23-26(3)22(28)21(29-23)16-17-6-10-20(11-7-17)27-14-4-5-15-27/h6-13,16H,4-5,14-15H2,1-3H3/b21-16-,24-23?. The molecule has 2 fully saturated rings. The van der Waals surface area contributed by atoms with Crippen LogP contribution in [0.15, 0.2) is 58.4 Å². The number of amides is 1. The molecule has 0 aromatic heterocycles. The summed E-state index contributed by atoms with van der Waals surface area (Å²) in [5.41, 5.74) is 4.26. The molecule has 29 heavy (non-hydrogen) atoms. The Hall–Kier alpha value is -2.73. The number of thioether (sulfide) groups is 1. The zero-order chi connectivity index (χ0) is 20.4. The monoisotopic (exact) mass is 406 g/mol. The van der Waals surface area contributed by atoms with Crippen molar-refractivity contribution in [2.75, 3.05) is 44.0 Å². The molecule has 2 aromatic carbocycles. The lowest BCUT2D eigenvalue weighted by atomic mass is 10.2. The van der Waals surface area contributed by atoms with Gasteiger partial charge in [-0.2, -0.15) is 0 Å². The molecule has 2 heterocycles. The molecule has 2 aromatic rings. The number of carbonyl (C=O) groups is 1. The van der Waals surface area contributed by atoms with Crippen molar-refractivity contribution < 1.29 is 4.79 Å². The third-order valence-corrected chi connectivity index (χ3v) is 6.32. The van der Waals surface area contributed by atoms with Gasteiger partial charge in [0.1, 0.15) is 0 Å². The second kappa shape index (κ2) is 8.33. The third kappa shape index (κ3) is 4.32. The van der Waals surface area contributed by atoms with Crippen LogP contribution < -0.4 is 9.80 Å². The number of rotatable bonds is 4. The third-order valence-electron chi connectivity index (χ3n) is 5.26. The van der Waals surface area contributed by atoms with Crippen LogP contribution in [0.3, 0.4) is 0 Å². The molecule has 2 saturated heterocycles. The molecule has 0 saturated carbocycles. The Morgan fingerprint density at radius 2 is 1.66 bits per heavy atom. The molecule has 150 valence electrons. The van der Waals surface area contributed by atoms with Crippen LogP contribution in [0.2, 0.25) is 0 Å². The predicted octanol–water partition coefficient (Wildman–Crippen LogP) is 4.59. The minimum Gasteiger partial charge on any atom is -0.378 e. The summed E-state index contributed by atoms with van der Waals surface area (Å²) < 4.78 is 0. The normalized spacial score (nSPS) is 19.6. The summed E-state index contributed by atoms with van der Waals surface area (Å²) in [5.74, 6) is -0.0118. The highest BCUT2D eigenvalue weighted by Gasteiger charge is 2.30. The first-order valence-electron chi connectivity index (χ1n) is 9.90. The van der Waals surface area contributed by atoms with Crippen molar-refractivity contribution in [2.24, 2.45) is 4.99 Å². The Kier molecular flexibility index (Phi) is 5.62. The summed E-state index contributed by atoms with van der Waals surface area (Å²) in [6.45, 7) is 2.27. The zero-order valence-corrected chi connectivity index (χ0v) is 17.9.